The molecule has 4 rings (SSSR count). The van der Waals surface area contributed by atoms with Crippen LogP contribution in [0.25, 0.3) is 0 Å². The number of pyridine rings is 3. The molecule has 1 aromatic carbocycles. The molecule has 0 aliphatic carbocycles. The summed E-state index contributed by atoms with van der Waals surface area (Å²) in [4.78, 5) is 12.3. The van der Waals surface area contributed by atoms with E-state index in [0.29, 0.717) is 5.41 Å². The van der Waals surface area contributed by atoms with E-state index in [9.17, 15) is 0 Å². The Bertz CT molecular complexity index is 978. The summed E-state index contributed by atoms with van der Waals surface area (Å²) in [7, 11) is 0. The van der Waals surface area contributed by atoms with E-state index in [0.717, 1.165) is 5.69 Å². The molecule has 4 aromatic rings. The lowest BCUT2D eigenvalue weighted by atomic mass is 9.87. The van der Waals surface area contributed by atoms with E-state index < -0.39 is 0 Å². The van der Waals surface area contributed by atoms with Crippen molar-refractivity contribution >= 4 is 0 Å². The molecule has 3 aromatic heterocycles. The smallest absolute Gasteiger partial charge is 0.0457 e. The standard InChI is InChI=1S/C10H14.3C9H13N.CH4/c1-10(2,3)9-7-5-4-6-8-9;1-9(2,3)8-4-6-10-7-5-8;1-9(2,3)8-5-4-6-10-7-8;1-9(2,3)8-6-4-5-7-10-8;/h4-8H,1-3H3;3*4-7H,1-3H3;1H4. The van der Waals surface area contributed by atoms with Crippen LogP contribution in [0.15, 0.2) is 104 Å². The fourth-order valence-electron chi connectivity index (χ4n) is 3.40. The molecule has 0 aliphatic heterocycles. The average molecular weight is 556 g/mol. The molecule has 0 N–H and O–H groups in total. The van der Waals surface area contributed by atoms with Crippen LogP contribution in [0.3, 0.4) is 0 Å². The highest BCUT2D eigenvalue weighted by Gasteiger charge is 2.14. The molecule has 0 unspecified atom stereocenters. The van der Waals surface area contributed by atoms with Gasteiger partial charge in [0.1, 0.15) is 0 Å². The summed E-state index contributed by atoms with van der Waals surface area (Å²) in [5.74, 6) is 0. The first-order chi connectivity index (χ1) is 18.4. The summed E-state index contributed by atoms with van der Waals surface area (Å²) in [5.41, 5.74) is 6.13. The topological polar surface area (TPSA) is 38.7 Å². The molecule has 0 fully saturated rings. The lowest BCUT2D eigenvalue weighted by Gasteiger charge is -2.18. The highest BCUT2D eigenvalue weighted by atomic mass is 14.7. The normalized spacial score (nSPS) is 11.2. The second-order valence-electron chi connectivity index (χ2n) is 14.1. The Kier molecular flexibility index (Phi) is 15.5. The number of aromatic nitrogens is 3. The lowest BCUT2D eigenvalue weighted by Crippen LogP contribution is -2.12. The van der Waals surface area contributed by atoms with Gasteiger partial charge in [0.15, 0.2) is 0 Å². The van der Waals surface area contributed by atoms with Gasteiger partial charge < -0.3 is 0 Å². The van der Waals surface area contributed by atoms with Crippen LogP contribution >= 0.6 is 0 Å². The Morgan fingerprint density at radius 2 is 0.854 bits per heavy atom. The van der Waals surface area contributed by atoms with Gasteiger partial charge in [0.05, 0.1) is 0 Å². The van der Waals surface area contributed by atoms with Crippen molar-refractivity contribution < 1.29 is 0 Å². The molecule has 0 saturated heterocycles. The molecule has 0 amide bonds. The third-order valence-corrected chi connectivity index (χ3v) is 6.15. The molecule has 0 aliphatic rings. The predicted molar refractivity (Wildman–Crippen MR) is 181 cm³/mol. The molecule has 3 heteroatoms. The van der Waals surface area contributed by atoms with Gasteiger partial charge in [-0.05, 0) is 63.3 Å². The largest absolute Gasteiger partial charge is 0.265 e. The number of nitrogens with zero attached hydrogens (tertiary/aromatic N) is 3. The van der Waals surface area contributed by atoms with Crippen LogP contribution in [-0.4, -0.2) is 15.0 Å². The van der Waals surface area contributed by atoms with Crippen molar-refractivity contribution in [2.75, 3.05) is 0 Å². The van der Waals surface area contributed by atoms with E-state index in [-0.39, 0.29) is 23.7 Å². The maximum Gasteiger partial charge on any atom is 0.0457 e. The minimum atomic E-state index is 0. The summed E-state index contributed by atoms with van der Waals surface area (Å²) < 4.78 is 0. The van der Waals surface area contributed by atoms with E-state index in [4.69, 9.17) is 0 Å². The van der Waals surface area contributed by atoms with Crippen LogP contribution in [0.5, 0.6) is 0 Å². The summed E-state index contributed by atoms with van der Waals surface area (Å²) in [6.07, 6.45) is 9.22. The van der Waals surface area contributed by atoms with E-state index in [1.807, 2.05) is 43.0 Å². The maximum atomic E-state index is 4.25. The lowest BCUT2D eigenvalue weighted by molar-refractivity contribution is 0.569. The molecular formula is C38H57N3. The number of hydrogen-bond donors (Lipinski definition) is 0. The van der Waals surface area contributed by atoms with Gasteiger partial charge >= 0.3 is 0 Å². The average Bonchev–Trinajstić information content (AvgIpc) is 2.90. The number of rotatable bonds is 0. The van der Waals surface area contributed by atoms with Crippen LogP contribution in [0.2, 0.25) is 0 Å². The van der Waals surface area contributed by atoms with Gasteiger partial charge in [0.25, 0.3) is 0 Å². The number of hydrogen-bond acceptors (Lipinski definition) is 3. The van der Waals surface area contributed by atoms with Gasteiger partial charge in [-0.15, -0.1) is 0 Å². The Labute approximate surface area is 252 Å². The SMILES string of the molecule is C.CC(C)(C)c1ccccc1.CC(C)(C)c1ccccn1.CC(C)(C)c1cccnc1.CC(C)(C)c1ccncc1. The molecule has 224 valence electrons. The van der Waals surface area contributed by atoms with Gasteiger partial charge in [0, 0.05) is 42.1 Å². The van der Waals surface area contributed by atoms with Gasteiger partial charge in [-0.2, -0.15) is 0 Å². The Morgan fingerprint density at radius 3 is 1.15 bits per heavy atom. The van der Waals surface area contributed by atoms with Crippen LogP contribution in [0, 0.1) is 0 Å². The molecule has 0 bridgehead atoms. The van der Waals surface area contributed by atoms with Crippen molar-refractivity contribution in [1.82, 2.24) is 15.0 Å². The fourth-order valence-corrected chi connectivity index (χ4v) is 3.40. The highest BCUT2D eigenvalue weighted by Crippen LogP contribution is 2.22. The number of benzene rings is 1. The third-order valence-electron chi connectivity index (χ3n) is 6.15. The molecule has 0 spiro atoms. The summed E-state index contributed by atoms with van der Waals surface area (Å²) in [5, 5.41) is 0. The first kappa shape index (κ1) is 37.7. The van der Waals surface area contributed by atoms with E-state index in [2.05, 4.69) is 153 Å². The van der Waals surface area contributed by atoms with Gasteiger partial charge in [0.2, 0.25) is 0 Å². The zero-order valence-electron chi connectivity index (χ0n) is 27.2. The van der Waals surface area contributed by atoms with Crippen molar-refractivity contribution in [3.63, 3.8) is 0 Å². The van der Waals surface area contributed by atoms with Gasteiger partial charge in [-0.3, -0.25) is 15.0 Å². The van der Waals surface area contributed by atoms with E-state index in [1.165, 1.54) is 16.7 Å². The second kappa shape index (κ2) is 16.8. The Hall–Kier alpha value is -3.33. The van der Waals surface area contributed by atoms with Crippen molar-refractivity contribution in [2.45, 2.75) is 112 Å². The van der Waals surface area contributed by atoms with Crippen molar-refractivity contribution in [3.05, 3.63) is 126 Å². The summed E-state index contributed by atoms with van der Waals surface area (Å²) in [6.45, 7) is 26.3. The molecule has 3 heterocycles. The monoisotopic (exact) mass is 555 g/mol. The zero-order valence-corrected chi connectivity index (χ0v) is 27.2. The van der Waals surface area contributed by atoms with E-state index >= 15 is 0 Å². The van der Waals surface area contributed by atoms with Crippen molar-refractivity contribution in [1.29, 1.82) is 0 Å². The fraction of sp³-hybridized carbons (Fsp3) is 0.447. The van der Waals surface area contributed by atoms with Crippen LogP contribution in [-0.2, 0) is 21.7 Å². The van der Waals surface area contributed by atoms with Crippen LogP contribution in [0.4, 0.5) is 0 Å². The highest BCUT2D eigenvalue weighted by molar-refractivity contribution is 5.22. The first-order valence-corrected chi connectivity index (χ1v) is 14.2. The molecule has 0 atom stereocenters. The predicted octanol–water partition coefficient (Wildman–Crippen LogP) is 10.8. The minimum Gasteiger partial charge on any atom is -0.265 e. The first-order valence-electron chi connectivity index (χ1n) is 14.2. The summed E-state index contributed by atoms with van der Waals surface area (Å²) in [6, 6.07) is 24.8. The van der Waals surface area contributed by atoms with Gasteiger partial charge in [-0.25, -0.2) is 0 Å². The second-order valence-corrected chi connectivity index (χ2v) is 14.1. The molecule has 0 radical (unpaired) electrons. The van der Waals surface area contributed by atoms with E-state index in [1.54, 1.807) is 6.20 Å². The summed E-state index contributed by atoms with van der Waals surface area (Å²) >= 11 is 0. The van der Waals surface area contributed by atoms with Gasteiger partial charge in [-0.1, -0.05) is 133 Å². The third kappa shape index (κ3) is 15.9. The van der Waals surface area contributed by atoms with Crippen molar-refractivity contribution in [2.24, 2.45) is 0 Å². The molecule has 0 saturated carbocycles. The molecular weight excluding hydrogens is 498 g/mol. The Balaban J connectivity index is 0.000000516. The Morgan fingerprint density at radius 1 is 0.390 bits per heavy atom. The zero-order chi connectivity index (χ0) is 30.5. The quantitative estimate of drug-likeness (QED) is 0.217. The molecule has 41 heavy (non-hydrogen) atoms. The van der Waals surface area contributed by atoms with Crippen LogP contribution < -0.4 is 0 Å². The van der Waals surface area contributed by atoms with Crippen molar-refractivity contribution in [3.8, 4) is 0 Å². The maximum absolute atomic E-state index is 4.25. The minimum absolute atomic E-state index is 0. The molecule has 3 nitrogen and oxygen atoms in total. The van der Waals surface area contributed by atoms with Crippen LogP contribution in [0.1, 0.15) is 113 Å².